The molecule has 0 spiro atoms. The predicted octanol–water partition coefficient (Wildman–Crippen LogP) is -0.450. The van der Waals surface area contributed by atoms with Gasteiger partial charge in [0.15, 0.2) is 0 Å². The fourth-order valence-corrected chi connectivity index (χ4v) is 20.6. The van der Waals surface area contributed by atoms with Gasteiger partial charge in [-0.1, -0.05) is 0 Å². The van der Waals surface area contributed by atoms with Gasteiger partial charge >= 0.3 is 142 Å². The van der Waals surface area contributed by atoms with Gasteiger partial charge in [-0.3, -0.25) is 0 Å². The van der Waals surface area contributed by atoms with Crippen LogP contribution in [0.15, 0.2) is 26.7 Å². The molecule has 0 fully saturated rings. The summed E-state index contributed by atoms with van der Waals surface area (Å²) in [6.07, 6.45) is 8.13. The maximum absolute atomic E-state index is 4.50. The first-order valence-electron chi connectivity index (χ1n) is 4.90. The number of rotatable bonds is 2. The van der Waals surface area contributed by atoms with Crippen LogP contribution in [0, 0.1) is 0 Å². The van der Waals surface area contributed by atoms with E-state index in [-0.39, 0.29) is 0 Å². The monoisotopic (exact) mass is 540 g/mol. The Morgan fingerprint density at radius 3 is 1.67 bits per heavy atom. The van der Waals surface area contributed by atoms with Crippen molar-refractivity contribution in [1.82, 2.24) is 9.97 Å². The van der Waals surface area contributed by atoms with Crippen molar-refractivity contribution in [3.05, 3.63) is 26.7 Å². The third kappa shape index (κ3) is 2.84. The normalized spacial score (nSPS) is 18.8. The Labute approximate surface area is 140 Å². The van der Waals surface area contributed by atoms with Crippen molar-refractivity contribution in [2.75, 3.05) is 12.5 Å². The quantitative estimate of drug-likeness (QED) is 0.479. The van der Waals surface area contributed by atoms with E-state index < -0.39 is 0 Å². The van der Waals surface area contributed by atoms with Crippen LogP contribution in [-0.2, 0) is 0 Å². The van der Waals surface area contributed by atoms with Crippen molar-refractivity contribution in [3.8, 4) is 0 Å². The maximum atomic E-state index is 4.50. The summed E-state index contributed by atoms with van der Waals surface area (Å²) in [4.78, 5) is 8.99. The van der Waals surface area contributed by atoms with Crippen LogP contribution in [0.25, 0.3) is 0 Å². The van der Waals surface area contributed by atoms with E-state index in [1.807, 2.05) is 35.9 Å². The molecule has 2 aliphatic rings. The summed E-state index contributed by atoms with van der Waals surface area (Å²) in [6.45, 7) is 0. The van der Waals surface area contributed by atoms with Crippen molar-refractivity contribution in [1.29, 1.82) is 0 Å². The summed E-state index contributed by atoms with van der Waals surface area (Å²) >= 11 is 6.09. The first kappa shape index (κ1) is 14.3. The molecule has 0 aromatic carbocycles. The van der Waals surface area contributed by atoms with E-state index in [0.29, 0.717) is 59.8 Å². The van der Waals surface area contributed by atoms with E-state index in [0.717, 1.165) is 0 Å². The molecule has 0 amide bonds. The topological polar surface area (TPSA) is 25.8 Å². The molecule has 1 aromatic rings. The third-order valence-corrected chi connectivity index (χ3v) is 21.4. The molecule has 3 heterocycles. The van der Waals surface area contributed by atoms with Crippen LogP contribution in [0.3, 0.4) is 0 Å². The second-order valence-corrected chi connectivity index (χ2v) is 17.0. The Balaban J connectivity index is 1.85. The van der Waals surface area contributed by atoms with Crippen LogP contribution >= 0.6 is 23.5 Å². The van der Waals surface area contributed by atoms with Crippen LogP contribution < -0.4 is 9.18 Å². The molecule has 18 heavy (non-hydrogen) atoms. The zero-order valence-corrected chi connectivity index (χ0v) is 18.0. The minimum absolute atomic E-state index is 0.472. The molecule has 2 nitrogen and oxygen atoms in total. The van der Waals surface area contributed by atoms with E-state index in [4.69, 9.17) is 0 Å². The summed E-state index contributed by atoms with van der Waals surface area (Å²) < 4.78 is 9.46. The van der Waals surface area contributed by atoms with Gasteiger partial charge in [-0.2, -0.15) is 0 Å². The zero-order valence-electron chi connectivity index (χ0n) is 9.50. The molecular weight excluding hydrogens is 528 g/mol. The van der Waals surface area contributed by atoms with Crippen molar-refractivity contribution in [2.45, 2.75) is 0 Å². The summed E-state index contributed by atoms with van der Waals surface area (Å²) in [5.74, 6) is 0. The van der Waals surface area contributed by atoms with Crippen LogP contribution in [0.1, 0.15) is 0 Å². The summed E-state index contributed by atoms with van der Waals surface area (Å²) in [6, 6.07) is 0. The van der Waals surface area contributed by atoms with Gasteiger partial charge in [0.2, 0.25) is 0 Å². The van der Waals surface area contributed by atoms with Crippen LogP contribution in [0.4, 0.5) is 0 Å². The summed E-state index contributed by atoms with van der Waals surface area (Å²) in [7, 11) is 0. The van der Waals surface area contributed by atoms with E-state index in [2.05, 4.69) is 22.5 Å². The first-order chi connectivity index (χ1) is 8.81. The molecule has 1 aromatic heterocycles. The minimum atomic E-state index is 0.472. The molecule has 8 heteroatoms. The Morgan fingerprint density at radius 1 is 0.778 bits per heavy atom. The molecule has 0 atom stereocenters. The number of aromatic nitrogens is 2. The molecule has 0 N–H and O–H groups in total. The zero-order chi connectivity index (χ0) is 12.5. The van der Waals surface area contributed by atoms with Gasteiger partial charge in [-0.25, -0.2) is 0 Å². The van der Waals surface area contributed by atoms with Crippen LogP contribution in [0.2, 0.25) is 0 Å². The average molecular weight is 536 g/mol. The summed E-state index contributed by atoms with van der Waals surface area (Å²) in [5, 5.41) is 0. The van der Waals surface area contributed by atoms with E-state index >= 15 is 0 Å². The van der Waals surface area contributed by atoms with Gasteiger partial charge in [0, 0.05) is 0 Å². The molecule has 0 aliphatic carbocycles. The van der Waals surface area contributed by atoms with Gasteiger partial charge in [-0.05, 0) is 0 Å². The fraction of sp³-hybridized carbons (Fsp3) is 0.200. The Morgan fingerprint density at radius 2 is 1.22 bits per heavy atom. The SMILES string of the molecule is CSC1=C(SC)[Se]C(=C2[Se]c3nccnc3[Se]2)[Se]1. The molecular formula is C10H8N2S2Se4. The molecule has 0 saturated carbocycles. The van der Waals surface area contributed by atoms with Gasteiger partial charge in [0.05, 0.1) is 0 Å². The van der Waals surface area contributed by atoms with Crippen molar-refractivity contribution in [3.63, 3.8) is 0 Å². The van der Waals surface area contributed by atoms with Gasteiger partial charge in [-0.15, -0.1) is 0 Å². The molecule has 2 aliphatic heterocycles. The molecule has 0 saturated heterocycles. The van der Waals surface area contributed by atoms with Gasteiger partial charge in [0.1, 0.15) is 0 Å². The van der Waals surface area contributed by atoms with Crippen LogP contribution in [0.5, 0.6) is 0 Å². The Kier molecular flexibility index (Phi) is 5.08. The fourth-order valence-electron chi connectivity index (χ4n) is 1.34. The van der Waals surface area contributed by atoms with Crippen molar-refractivity contribution < 1.29 is 0 Å². The number of hydrogen-bond donors (Lipinski definition) is 0. The molecule has 94 valence electrons. The predicted molar refractivity (Wildman–Crippen MR) is 85.4 cm³/mol. The van der Waals surface area contributed by atoms with E-state index in [9.17, 15) is 0 Å². The van der Waals surface area contributed by atoms with Crippen LogP contribution in [-0.4, -0.2) is 82.3 Å². The molecule has 3 rings (SSSR count). The molecule has 0 unspecified atom stereocenters. The number of nitrogens with zero attached hydrogens (tertiary/aromatic N) is 2. The standard InChI is InChI=1S/C10H8N2S2Se4/c1-13-7-8(14-2)18-10(17-7)9-15-5-6(16-9)12-4-3-11-5/h3-4H,1-2H3. The number of thioether (sulfide) groups is 2. The second kappa shape index (κ2) is 6.40. The van der Waals surface area contributed by atoms with Crippen molar-refractivity contribution >= 4 is 92.5 Å². The molecule has 0 radical (unpaired) electrons. The van der Waals surface area contributed by atoms with E-state index in [1.165, 1.54) is 9.18 Å². The Bertz CT molecular complexity index is 514. The second-order valence-electron chi connectivity index (χ2n) is 3.13. The first-order valence-corrected chi connectivity index (χ1v) is 14.2. The van der Waals surface area contributed by atoms with Gasteiger partial charge in [0.25, 0.3) is 0 Å². The van der Waals surface area contributed by atoms with E-state index in [1.54, 1.807) is 14.3 Å². The third-order valence-electron chi connectivity index (χ3n) is 2.09. The van der Waals surface area contributed by atoms with Gasteiger partial charge < -0.3 is 0 Å². The summed E-state index contributed by atoms with van der Waals surface area (Å²) in [5.41, 5.74) is 0. The average Bonchev–Trinajstić information content (AvgIpc) is 3.01. The number of fused-ring (bicyclic) bond motifs is 1. The molecule has 0 bridgehead atoms. The number of hydrogen-bond acceptors (Lipinski definition) is 4. The Hall–Kier alpha value is 1.34. The van der Waals surface area contributed by atoms with Crippen molar-refractivity contribution in [2.24, 2.45) is 0 Å².